The molecule has 6 nitrogen and oxygen atoms in total. The minimum absolute atomic E-state index is 0.0432. The molecule has 1 aromatic carbocycles. The average molecular weight is 380 g/mol. The summed E-state index contributed by atoms with van der Waals surface area (Å²) in [7, 11) is 1.22. The maximum atomic E-state index is 11.6. The van der Waals surface area contributed by atoms with Gasteiger partial charge in [-0.2, -0.15) is 0 Å². The highest BCUT2D eigenvalue weighted by atomic mass is 79.9. The molecule has 1 atom stereocenters. The van der Waals surface area contributed by atoms with Gasteiger partial charge >= 0.3 is 11.9 Å². The first-order valence-electron chi connectivity index (χ1n) is 6.59. The number of nitrogens with zero attached hydrogens (tertiary/aromatic N) is 1. The fraction of sp³-hybridized carbons (Fsp3) is 0.188. The van der Waals surface area contributed by atoms with E-state index in [0.29, 0.717) is 5.76 Å². The summed E-state index contributed by atoms with van der Waals surface area (Å²) in [5, 5.41) is 3.87. The van der Waals surface area contributed by atoms with Crippen molar-refractivity contribution in [2.75, 3.05) is 7.11 Å². The van der Waals surface area contributed by atoms with Gasteiger partial charge in [-0.25, -0.2) is 4.79 Å². The van der Waals surface area contributed by atoms with Gasteiger partial charge in [0.2, 0.25) is 0 Å². The van der Waals surface area contributed by atoms with E-state index in [1.165, 1.54) is 14.0 Å². The molecule has 1 unspecified atom stereocenters. The van der Waals surface area contributed by atoms with Crippen LogP contribution in [0.5, 0.6) is 0 Å². The number of carbonyl (C=O) groups excluding carboxylic acids is 2. The first kappa shape index (κ1) is 17.0. The summed E-state index contributed by atoms with van der Waals surface area (Å²) < 4.78 is 15.9. The highest BCUT2D eigenvalue weighted by molar-refractivity contribution is 9.10. The molecule has 0 aliphatic carbocycles. The Morgan fingerprint density at radius 2 is 1.96 bits per heavy atom. The van der Waals surface area contributed by atoms with Crippen LogP contribution >= 0.6 is 15.9 Å². The molecule has 0 saturated heterocycles. The highest BCUT2D eigenvalue weighted by Crippen LogP contribution is 2.29. The van der Waals surface area contributed by atoms with Crippen molar-refractivity contribution < 1.29 is 23.6 Å². The number of rotatable bonds is 5. The largest absolute Gasteiger partial charge is 0.466 e. The van der Waals surface area contributed by atoms with E-state index in [1.807, 2.05) is 24.3 Å². The molecule has 0 radical (unpaired) electrons. The molecule has 1 aromatic heterocycles. The topological polar surface area (TPSA) is 78.6 Å². The number of esters is 2. The van der Waals surface area contributed by atoms with Crippen molar-refractivity contribution in [2.24, 2.45) is 0 Å². The zero-order valence-corrected chi connectivity index (χ0v) is 14.1. The van der Waals surface area contributed by atoms with Gasteiger partial charge in [0.05, 0.1) is 12.7 Å². The van der Waals surface area contributed by atoms with Gasteiger partial charge in [-0.3, -0.25) is 4.79 Å². The number of methoxy groups -OCH3 is 1. The fourth-order valence-electron chi connectivity index (χ4n) is 1.88. The summed E-state index contributed by atoms with van der Waals surface area (Å²) in [6.45, 7) is 4.84. The van der Waals surface area contributed by atoms with E-state index >= 15 is 0 Å². The molecule has 0 amide bonds. The molecule has 120 valence electrons. The molecule has 7 heteroatoms. The Labute approximate surface area is 141 Å². The Kier molecular flexibility index (Phi) is 5.33. The smallest absolute Gasteiger partial charge is 0.337 e. The second-order valence-corrected chi connectivity index (χ2v) is 5.54. The van der Waals surface area contributed by atoms with Gasteiger partial charge < -0.3 is 14.0 Å². The van der Waals surface area contributed by atoms with Crippen LogP contribution < -0.4 is 0 Å². The Hall–Kier alpha value is -2.41. The van der Waals surface area contributed by atoms with Crippen molar-refractivity contribution in [3.8, 4) is 11.3 Å². The predicted molar refractivity (Wildman–Crippen MR) is 85.3 cm³/mol. The van der Waals surface area contributed by atoms with Gasteiger partial charge in [0.15, 0.2) is 11.9 Å². The lowest BCUT2D eigenvalue weighted by Crippen LogP contribution is -2.17. The number of ether oxygens (including phenoxy) is 2. The van der Waals surface area contributed by atoms with Crippen molar-refractivity contribution in [3.05, 3.63) is 52.7 Å². The molecule has 0 bridgehead atoms. The summed E-state index contributed by atoms with van der Waals surface area (Å²) >= 11 is 3.35. The number of benzene rings is 1. The van der Waals surface area contributed by atoms with Crippen LogP contribution in [-0.4, -0.2) is 24.2 Å². The molecule has 0 N–H and O–H groups in total. The van der Waals surface area contributed by atoms with E-state index < -0.39 is 18.0 Å². The van der Waals surface area contributed by atoms with Gasteiger partial charge in [-0.05, 0) is 12.1 Å². The summed E-state index contributed by atoms with van der Waals surface area (Å²) in [5.74, 6) is -0.792. The predicted octanol–water partition coefficient (Wildman–Crippen LogP) is 3.44. The second-order valence-electron chi connectivity index (χ2n) is 4.63. The molecular formula is C16H14BrNO5. The number of carbonyl (C=O) groups is 2. The Morgan fingerprint density at radius 1 is 1.30 bits per heavy atom. The fourth-order valence-corrected chi connectivity index (χ4v) is 2.14. The van der Waals surface area contributed by atoms with E-state index in [4.69, 9.17) is 9.26 Å². The van der Waals surface area contributed by atoms with Crippen molar-refractivity contribution in [1.82, 2.24) is 5.16 Å². The van der Waals surface area contributed by atoms with E-state index in [1.54, 1.807) is 6.07 Å². The molecule has 0 spiro atoms. The zero-order valence-electron chi connectivity index (χ0n) is 12.5. The summed E-state index contributed by atoms with van der Waals surface area (Å²) in [5.41, 5.74) is 1.00. The van der Waals surface area contributed by atoms with Crippen LogP contribution in [-0.2, 0) is 19.1 Å². The molecule has 0 saturated carbocycles. The van der Waals surface area contributed by atoms with Gasteiger partial charge in [0, 0.05) is 23.0 Å². The number of halogens is 1. The van der Waals surface area contributed by atoms with E-state index in [2.05, 4.69) is 32.4 Å². The van der Waals surface area contributed by atoms with Gasteiger partial charge in [0.25, 0.3) is 0 Å². The normalized spacial score (nSPS) is 11.6. The van der Waals surface area contributed by atoms with Crippen LogP contribution in [0.2, 0.25) is 0 Å². The van der Waals surface area contributed by atoms with Crippen LogP contribution in [0.1, 0.15) is 18.7 Å². The molecule has 2 aromatic rings. The van der Waals surface area contributed by atoms with Crippen LogP contribution in [0.3, 0.4) is 0 Å². The lowest BCUT2D eigenvalue weighted by Gasteiger charge is -2.15. The van der Waals surface area contributed by atoms with Gasteiger partial charge in [0.1, 0.15) is 5.69 Å². The molecule has 0 fully saturated rings. The third-order valence-electron chi connectivity index (χ3n) is 2.97. The molecule has 1 heterocycles. The zero-order chi connectivity index (χ0) is 17.0. The Balaban J connectivity index is 2.33. The van der Waals surface area contributed by atoms with Gasteiger partial charge in [-0.1, -0.05) is 39.8 Å². The van der Waals surface area contributed by atoms with Crippen molar-refractivity contribution in [1.29, 1.82) is 0 Å². The lowest BCUT2D eigenvalue weighted by atomic mass is 10.1. The Bertz CT molecular complexity index is 735. The maximum absolute atomic E-state index is 11.6. The number of hydrogen-bond donors (Lipinski definition) is 0. The third kappa shape index (κ3) is 4.07. The molecular weight excluding hydrogens is 366 g/mol. The summed E-state index contributed by atoms with van der Waals surface area (Å²) in [4.78, 5) is 22.9. The van der Waals surface area contributed by atoms with Crippen LogP contribution in [0.25, 0.3) is 11.3 Å². The quantitative estimate of drug-likeness (QED) is 0.584. The highest BCUT2D eigenvalue weighted by Gasteiger charge is 2.28. The lowest BCUT2D eigenvalue weighted by molar-refractivity contribution is -0.147. The first-order chi connectivity index (χ1) is 10.9. The minimum atomic E-state index is -1.06. The Morgan fingerprint density at radius 3 is 2.52 bits per heavy atom. The second kappa shape index (κ2) is 7.23. The first-order valence-corrected chi connectivity index (χ1v) is 7.38. The standard InChI is InChI=1S/C16H14BrNO5/c1-9(16(20)21-3)15(22-10(2)19)13-8-14(23-18-13)11-4-6-12(17)7-5-11/h4-8,15H,1H2,2-3H3. The van der Waals surface area contributed by atoms with Crippen molar-refractivity contribution in [3.63, 3.8) is 0 Å². The summed E-state index contributed by atoms with van der Waals surface area (Å²) in [6, 6.07) is 8.97. The monoisotopic (exact) mass is 379 g/mol. The van der Waals surface area contributed by atoms with Crippen LogP contribution in [0.15, 0.2) is 51.5 Å². The average Bonchev–Trinajstić information content (AvgIpc) is 3.01. The molecule has 2 rings (SSSR count). The van der Waals surface area contributed by atoms with Crippen LogP contribution in [0.4, 0.5) is 0 Å². The maximum Gasteiger partial charge on any atom is 0.337 e. The number of aromatic nitrogens is 1. The van der Waals surface area contributed by atoms with E-state index in [9.17, 15) is 9.59 Å². The molecule has 0 aliphatic rings. The SMILES string of the molecule is C=C(C(=O)OC)C(OC(C)=O)c1cc(-c2ccc(Br)cc2)on1. The van der Waals surface area contributed by atoms with E-state index in [-0.39, 0.29) is 11.3 Å². The van der Waals surface area contributed by atoms with E-state index in [0.717, 1.165) is 10.0 Å². The summed E-state index contributed by atoms with van der Waals surface area (Å²) in [6.07, 6.45) is -1.06. The van der Waals surface area contributed by atoms with Gasteiger partial charge in [-0.15, -0.1) is 0 Å². The molecule has 23 heavy (non-hydrogen) atoms. The van der Waals surface area contributed by atoms with Crippen LogP contribution in [0, 0.1) is 0 Å². The van der Waals surface area contributed by atoms with Crippen molar-refractivity contribution in [2.45, 2.75) is 13.0 Å². The third-order valence-corrected chi connectivity index (χ3v) is 3.50. The minimum Gasteiger partial charge on any atom is -0.466 e. The number of hydrogen-bond acceptors (Lipinski definition) is 6. The van der Waals surface area contributed by atoms with Crippen molar-refractivity contribution >= 4 is 27.9 Å². The molecule has 0 aliphatic heterocycles.